The largest absolute Gasteiger partial charge is 0.358 e. The molecule has 0 unspecified atom stereocenters. The van der Waals surface area contributed by atoms with E-state index in [1.807, 2.05) is 36.9 Å². The monoisotopic (exact) mass is 464 g/mol. The molecule has 2 bridgehead atoms. The number of amides is 1. The van der Waals surface area contributed by atoms with Crippen molar-refractivity contribution in [2.45, 2.75) is 45.2 Å². The Hall–Kier alpha value is -3.55. The molecule has 4 heterocycles. The molecular weight excluding hydrogens is 441 g/mol. The Morgan fingerprint density at radius 1 is 1.12 bits per heavy atom. The van der Waals surface area contributed by atoms with Gasteiger partial charge in [0.25, 0.3) is 5.91 Å². The quantitative estimate of drug-likeness (QED) is 0.398. The molecule has 1 saturated heterocycles. The van der Waals surface area contributed by atoms with Crippen molar-refractivity contribution < 1.29 is 18.0 Å². The number of aryl methyl sites for hydroxylation is 3. The van der Waals surface area contributed by atoms with Gasteiger partial charge in [0, 0.05) is 35.3 Å². The predicted molar refractivity (Wildman–Crippen MR) is 122 cm³/mol. The summed E-state index contributed by atoms with van der Waals surface area (Å²) in [7, 11) is 1.71. The summed E-state index contributed by atoms with van der Waals surface area (Å²) in [5.41, 5.74) is 6.06. The molecule has 174 valence electrons. The lowest BCUT2D eigenvalue weighted by Gasteiger charge is -2.34. The average Bonchev–Trinajstić information content (AvgIpc) is 3.42. The summed E-state index contributed by atoms with van der Waals surface area (Å²) in [6.07, 6.45) is 2.12. The molecule has 1 fully saturated rings. The van der Waals surface area contributed by atoms with E-state index < -0.39 is 17.5 Å². The fraction of sp³-hybridized carbons (Fsp3) is 0.308. The van der Waals surface area contributed by atoms with Crippen LogP contribution in [0.5, 0.6) is 0 Å². The van der Waals surface area contributed by atoms with E-state index in [9.17, 15) is 18.0 Å². The van der Waals surface area contributed by atoms with E-state index >= 15 is 0 Å². The van der Waals surface area contributed by atoms with Gasteiger partial charge in [-0.15, -0.1) is 0 Å². The van der Waals surface area contributed by atoms with Crippen LogP contribution in [0.25, 0.3) is 22.2 Å². The zero-order valence-electron chi connectivity index (χ0n) is 19.0. The molecule has 1 amide bonds. The molecule has 0 saturated carbocycles. The highest BCUT2D eigenvalue weighted by Gasteiger charge is 2.46. The van der Waals surface area contributed by atoms with Gasteiger partial charge in [0.1, 0.15) is 0 Å². The standard InChI is InChI=1S/C26H23F3N4O/c1-12-13(2)30-23-16(12)5-4-6-17(23)26(34)33-15-7-8-21(33)24-18(11-15)25(32(3)31-24)14-9-19(27)22(29)20(28)10-14/h4-6,9-10,15,21,30H,7-8,11H2,1-3H3/t15-,21+/m0/s1. The number of H-pyrrole nitrogens is 1. The van der Waals surface area contributed by atoms with Crippen molar-refractivity contribution in [1.29, 1.82) is 0 Å². The van der Waals surface area contributed by atoms with E-state index in [1.54, 1.807) is 11.7 Å². The van der Waals surface area contributed by atoms with Crippen molar-refractivity contribution in [2.24, 2.45) is 7.05 Å². The lowest BCUT2D eigenvalue weighted by atomic mass is 9.93. The number of benzene rings is 2. The fourth-order valence-electron chi connectivity index (χ4n) is 5.81. The molecule has 8 heteroatoms. The van der Waals surface area contributed by atoms with Crippen molar-refractivity contribution in [1.82, 2.24) is 19.7 Å². The van der Waals surface area contributed by atoms with Crippen LogP contribution < -0.4 is 0 Å². The minimum atomic E-state index is -1.49. The second-order valence-corrected chi connectivity index (χ2v) is 9.36. The van der Waals surface area contributed by atoms with Crippen LogP contribution in [0.4, 0.5) is 13.2 Å². The number of aromatic amines is 1. The summed E-state index contributed by atoms with van der Waals surface area (Å²) in [5.74, 6) is -3.99. The van der Waals surface area contributed by atoms with Gasteiger partial charge < -0.3 is 9.88 Å². The number of halogens is 3. The van der Waals surface area contributed by atoms with Crippen molar-refractivity contribution in [3.63, 3.8) is 0 Å². The molecule has 0 radical (unpaired) electrons. The Bertz CT molecular complexity index is 1480. The molecule has 2 aromatic carbocycles. The maximum absolute atomic E-state index is 14.0. The Balaban J connectivity index is 1.44. The second-order valence-electron chi connectivity index (χ2n) is 9.36. The van der Waals surface area contributed by atoms with Gasteiger partial charge in [-0.1, -0.05) is 12.1 Å². The van der Waals surface area contributed by atoms with E-state index in [-0.39, 0.29) is 23.6 Å². The van der Waals surface area contributed by atoms with Gasteiger partial charge in [0.2, 0.25) is 0 Å². The van der Waals surface area contributed by atoms with E-state index in [4.69, 9.17) is 0 Å². The zero-order chi connectivity index (χ0) is 23.9. The van der Waals surface area contributed by atoms with Gasteiger partial charge in [-0.05, 0) is 56.9 Å². The number of aromatic nitrogens is 3. The normalized spacial score (nSPS) is 19.2. The zero-order valence-corrected chi connectivity index (χ0v) is 19.0. The lowest BCUT2D eigenvalue weighted by Crippen LogP contribution is -2.42. The third-order valence-electron chi connectivity index (χ3n) is 7.50. The van der Waals surface area contributed by atoms with E-state index in [0.717, 1.165) is 58.4 Å². The molecule has 6 rings (SSSR count). The summed E-state index contributed by atoms with van der Waals surface area (Å²) in [6.45, 7) is 4.03. The first-order valence-electron chi connectivity index (χ1n) is 11.4. The Morgan fingerprint density at radius 3 is 2.59 bits per heavy atom. The molecule has 0 spiro atoms. The van der Waals surface area contributed by atoms with Gasteiger partial charge in [-0.25, -0.2) is 13.2 Å². The molecule has 1 N–H and O–H groups in total. The molecule has 34 heavy (non-hydrogen) atoms. The SMILES string of the molecule is Cc1[nH]c2c(C(=O)N3[C@H]4CC[C@@H]3c3nn(C)c(-c5cc(F)c(F)c(F)c5)c3C4)cccc2c1C. The number of carbonyl (C=O) groups excluding carboxylic acids is 1. The topological polar surface area (TPSA) is 53.9 Å². The van der Waals surface area contributed by atoms with Crippen molar-refractivity contribution in [3.8, 4) is 11.3 Å². The van der Waals surface area contributed by atoms with Crippen LogP contribution in [0.1, 0.15) is 51.8 Å². The number of nitrogens with zero attached hydrogens (tertiary/aromatic N) is 3. The molecule has 2 aliphatic heterocycles. The van der Waals surface area contributed by atoms with Gasteiger partial charge in [0.15, 0.2) is 17.5 Å². The van der Waals surface area contributed by atoms with Crippen LogP contribution in [0.3, 0.4) is 0 Å². The molecular formula is C26H23F3N4O. The van der Waals surface area contributed by atoms with Crippen LogP contribution in [-0.2, 0) is 13.5 Å². The van der Waals surface area contributed by atoms with Gasteiger partial charge in [-0.3, -0.25) is 9.48 Å². The lowest BCUT2D eigenvalue weighted by molar-refractivity contribution is 0.0644. The number of para-hydroxylation sites is 1. The highest BCUT2D eigenvalue weighted by atomic mass is 19.2. The highest BCUT2D eigenvalue weighted by Crippen LogP contribution is 2.47. The summed E-state index contributed by atoms with van der Waals surface area (Å²) >= 11 is 0. The third kappa shape index (κ3) is 2.80. The highest BCUT2D eigenvalue weighted by molar-refractivity contribution is 6.07. The average molecular weight is 464 g/mol. The first-order valence-corrected chi connectivity index (χ1v) is 11.4. The summed E-state index contributed by atoms with van der Waals surface area (Å²) in [5, 5.41) is 5.71. The van der Waals surface area contributed by atoms with E-state index in [0.29, 0.717) is 17.7 Å². The smallest absolute Gasteiger partial charge is 0.256 e. The number of fused-ring (bicyclic) bond motifs is 5. The first kappa shape index (κ1) is 21.0. The van der Waals surface area contributed by atoms with Crippen LogP contribution in [0.15, 0.2) is 30.3 Å². The molecule has 0 aliphatic carbocycles. The van der Waals surface area contributed by atoms with Crippen LogP contribution in [0, 0.1) is 31.3 Å². The van der Waals surface area contributed by atoms with Crippen molar-refractivity contribution in [3.05, 3.63) is 75.9 Å². The third-order valence-corrected chi connectivity index (χ3v) is 7.50. The number of hydrogen-bond acceptors (Lipinski definition) is 2. The fourth-order valence-corrected chi connectivity index (χ4v) is 5.81. The minimum Gasteiger partial charge on any atom is -0.358 e. The molecule has 4 aromatic rings. The number of carbonyl (C=O) groups is 1. The van der Waals surface area contributed by atoms with E-state index in [2.05, 4.69) is 10.1 Å². The first-order chi connectivity index (χ1) is 16.3. The molecule has 2 aromatic heterocycles. The maximum Gasteiger partial charge on any atom is 0.256 e. The van der Waals surface area contributed by atoms with Crippen molar-refractivity contribution in [2.75, 3.05) is 0 Å². The van der Waals surface area contributed by atoms with Gasteiger partial charge >= 0.3 is 0 Å². The number of nitrogens with one attached hydrogen (secondary N) is 1. The van der Waals surface area contributed by atoms with E-state index in [1.165, 1.54) is 0 Å². The molecule has 5 nitrogen and oxygen atoms in total. The second kappa shape index (κ2) is 7.22. The van der Waals surface area contributed by atoms with Crippen molar-refractivity contribution >= 4 is 16.8 Å². The van der Waals surface area contributed by atoms with Crippen LogP contribution in [-0.4, -0.2) is 31.6 Å². The minimum absolute atomic E-state index is 0.0453. The maximum atomic E-state index is 14.0. The predicted octanol–water partition coefficient (Wildman–Crippen LogP) is 5.50. The summed E-state index contributed by atoms with van der Waals surface area (Å²) in [4.78, 5) is 19.1. The summed E-state index contributed by atoms with van der Waals surface area (Å²) in [6, 6.07) is 7.52. The molecule has 2 atom stereocenters. The van der Waals surface area contributed by atoms with Crippen LogP contribution in [0.2, 0.25) is 0 Å². The molecule has 2 aliphatic rings. The Labute approximate surface area is 194 Å². The number of hydrogen-bond donors (Lipinski definition) is 1. The van der Waals surface area contributed by atoms with Crippen LogP contribution >= 0.6 is 0 Å². The Kier molecular flexibility index (Phi) is 4.46. The van der Waals surface area contributed by atoms with Gasteiger partial charge in [-0.2, -0.15) is 5.10 Å². The Morgan fingerprint density at radius 2 is 1.85 bits per heavy atom. The van der Waals surface area contributed by atoms with Gasteiger partial charge in [0.05, 0.1) is 28.5 Å². The number of rotatable bonds is 2. The summed E-state index contributed by atoms with van der Waals surface area (Å²) < 4.78 is 43.1.